The molecule has 0 atom stereocenters. The average Bonchev–Trinajstić information content (AvgIpc) is 3.76. The van der Waals surface area contributed by atoms with Crippen LogP contribution in [0.25, 0.3) is 5.65 Å². The first-order valence-electron chi connectivity index (χ1n) is 15.6. The number of Topliss-reactive ketones (excluding diaryl/α,β-unsaturated/α-hetero) is 1. The van der Waals surface area contributed by atoms with Gasteiger partial charge in [-0.3, -0.25) is 9.59 Å². The van der Waals surface area contributed by atoms with E-state index < -0.39 is 0 Å². The summed E-state index contributed by atoms with van der Waals surface area (Å²) in [4.78, 5) is 36.7. The number of benzene rings is 1. The van der Waals surface area contributed by atoms with Gasteiger partial charge in [0.1, 0.15) is 11.9 Å². The summed E-state index contributed by atoms with van der Waals surface area (Å²) in [5, 5.41) is 8.10. The van der Waals surface area contributed by atoms with Gasteiger partial charge in [-0.1, -0.05) is 30.8 Å². The third-order valence-electron chi connectivity index (χ3n) is 9.17. The number of ether oxygens (including phenoxy) is 1. The second-order valence-corrected chi connectivity index (χ2v) is 12.5. The van der Waals surface area contributed by atoms with Gasteiger partial charge in [0.15, 0.2) is 11.4 Å². The second kappa shape index (κ2) is 12.7. The Bertz CT molecular complexity index is 1430. The van der Waals surface area contributed by atoms with Crippen molar-refractivity contribution in [3.8, 4) is 6.01 Å². The van der Waals surface area contributed by atoms with Gasteiger partial charge in [-0.15, -0.1) is 0 Å². The van der Waals surface area contributed by atoms with Crippen LogP contribution in [0, 0.1) is 11.8 Å². The number of hydrogen-bond donors (Lipinski definition) is 1. The Hall–Kier alpha value is -3.59. The molecule has 2 aliphatic carbocycles. The molecule has 9 heteroatoms. The van der Waals surface area contributed by atoms with Gasteiger partial charge in [-0.25, -0.2) is 0 Å². The van der Waals surface area contributed by atoms with E-state index >= 15 is 0 Å². The summed E-state index contributed by atoms with van der Waals surface area (Å²) >= 11 is 0. The highest BCUT2D eigenvalue weighted by atomic mass is 16.5. The van der Waals surface area contributed by atoms with Crippen LogP contribution in [0.4, 0.5) is 5.95 Å². The minimum absolute atomic E-state index is 0.0830. The molecule has 3 aromatic rings. The van der Waals surface area contributed by atoms with Crippen molar-refractivity contribution in [1.82, 2.24) is 24.5 Å². The van der Waals surface area contributed by atoms with E-state index in [9.17, 15) is 9.59 Å². The van der Waals surface area contributed by atoms with Crippen molar-refractivity contribution >= 4 is 23.2 Å². The SMILES string of the molecule is C=CC(=O)CC1CCC(C(=O)Cc2cccc(CNc3nc(OC4CCN(C)CC4)nc4c(C5CC5)cnn34)c2)CC1. The van der Waals surface area contributed by atoms with Crippen LogP contribution in [0.5, 0.6) is 6.01 Å². The molecule has 3 fully saturated rings. The summed E-state index contributed by atoms with van der Waals surface area (Å²) in [5.41, 5.74) is 4.08. The van der Waals surface area contributed by atoms with E-state index in [4.69, 9.17) is 14.7 Å². The van der Waals surface area contributed by atoms with E-state index in [-0.39, 0.29) is 17.8 Å². The molecule has 0 radical (unpaired) electrons. The number of piperidine rings is 1. The van der Waals surface area contributed by atoms with Gasteiger partial charge >= 0.3 is 6.01 Å². The Morgan fingerprint density at radius 3 is 2.55 bits per heavy atom. The fourth-order valence-electron chi connectivity index (χ4n) is 6.41. The maximum absolute atomic E-state index is 13.1. The molecule has 2 aromatic heterocycles. The molecule has 9 nitrogen and oxygen atoms in total. The number of ketones is 2. The van der Waals surface area contributed by atoms with Crippen molar-refractivity contribution in [2.45, 2.75) is 82.8 Å². The zero-order valence-electron chi connectivity index (χ0n) is 24.6. The number of rotatable bonds is 12. The first kappa shape index (κ1) is 28.5. The number of hydrogen-bond acceptors (Lipinski definition) is 8. The van der Waals surface area contributed by atoms with Crippen molar-refractivity contribution in [1.29, 1.82) is 0 Å². The number of aromatic nitrogens is 4. The number of allylic oxidation sites excluding steroid dienone is 1. The molecule has 0 spiro atoms. The highest BCUT2D eigenvalue weighted by Crippen LogP contribution is 2.42. The number of nitrogens with one attached hydrogen (secondary N) is 1. The minimum atomic E-state index is 0.0830. The lowest BCUT2D eigenvalue weighted by Crippen LogP contribution is -2.36. The van der Waals surface area contributed by atoms with E-state index in [2.05, 4.69) is 41.1 Å². The molecule has 222 valence electrons. The summed E-state index contributed by atoms with van der Waals surface area (Å²) in [6.07, 6.45) is 12.3. The first-order valence-corrected chi connectivity index (χ1v) is 15.6. The van der Waals surface area contributed by atoms with Crippen LogP contribution in [0.3, 0.4) is 0 Å². The molecule has 42 heavy (non-hydrogen) atoms. The Morgan fingerprint density at radius 1 is 1.05 bits per heavy atom. The zero-order valence-corrected chi connectivity index (χ0v) is 24.6. The number of fused-ring (bicyclic) bond motifs is 1. The first-order chi connectivity index (χ1) is 20.4. The highest BCUT2D eigenvalue weighted by molar-refractivity contribution is 5.89. The van der Waals surface area contributed by atoms with Gasteiger partial charge in [0.25, 0.3) is 0 Å². The number of nitrogens with zero attached hydrogens (tertiary/aromatic N) is 5. The van der Waals surface area contributed by atoms with Crippen molar-refractivity contribution < 1.29 is 14.3 Å². The van der Waals surface area contributed by atoms with Crippen molar-refractivity contribution in [3.05, 3.63) is 59.8 Å². The smallest absolute Gasteiger partial charge is 0.322 e. The average molecular weight is 571 g/mol. The molecule has 1 aromatic carbocycles. The molecular weight excluding hydrogens is 528 g/mol. The van der Waals surface area contributed by atoms with Crippen LogP contribution >= 0.6 is 0 Å². The molecule has 3 aliphatic rings. The normalized spacial score (nSPS) is 21.7. The molecule has 0 bridgehead atoms. The van der Waals surface area contributed by atoms with E-state index in [0.29, 0.717) is 49.0 Å². The van der Waals surface area contributed by atoms with Crippen molar-refractivity contribution in [2.75, 3.05) is 25.5 Å². The topological polar surface area (TPSA) is 102 Å². The van der Waals surface area contributed by atoms with E-state index in [1.54, 1.807) is 4.52 Å². The molecule has 1 aliphatic heterocycles. The monoisotopic (exact) mass is 570 g/mol. The lowest BCUT2D eigenvalue weighted by atomic mass is 9.77. The molecule has 6 rings (SSSR count). The predicted molar refractivity (Wildman–Crippen MR) is 162 cm³/mol. The largest absolute Gasteiger partial charge is 0.460 e. The molecule has 1 N–H and O–H groups in total. The molecule has 3 heterocycles. The maximum atomic E-state index is 13.1. The summed E-state index contributed by atoms with van der Waals surface area (Å²) in [7, 11) is 2.14. The van der Waals surface area contributed by atoms with Crippen LogP contribution in [0.15, 0.2) is 43.1 Å². The molecule has 1 saturated heterocycles. The molecule has 2 saturated carbocycles. The van der Waals surface area contributed by atoms with Crippen LogP contribution in [0.2, 0.25) is 0 Å². The number of carbonyl (C=O) groups is 2. The summed E-state index contributed by atoms with van der Waals surface area (Å²) < 4.78 is 8.09. The van der Waals surface area contributed by atoms with Gasteiger partial charge < -0.3 is 15.0 Å². The highest BCUT2D eigenvalue weighted by Gasteiger charge is 2.30. The van der Waals surface area contributed by atoms with Crippen LogP contribution < -0.4 is 10.1 Å². The van der Waals surface area contributed by atoms with Crippen molar-refractivity contribution in [3.63, 3.8) is 0 Å². The fraction of sp³-hybridized carbons (Fsp3) is 0.545. The van der Waals surface area contributed by atoms with Gasteiger partial charge in [-0.05, 0) is 87.5 Å². The van der Waals surface area contributed by atoms with Gasteiger partial charge in [0.2, 0.25) is 5.95 Å². The van der Waals surface area contributed by atoms with Crippen LogP contribution in [-0.2, 0) is 22.6 Å². The molecular formula is C33H42N6O3. The van der Waals surface area contributed by atoms with Gasteiger partial charge in [0, 0.05) is 44.0 Å². The maximum Gasteiger partial charge on any atom is 0.322 e. The van der Waals surface area contributed by atoms with E-state index in [1.807, 2.05) is 18.3 Å². The Morgan fingerprint density at radius 2 is 1.81 bits per heavy atom. The van der Waals surface area contributed by atoms with Gasteiger partial charge in [0.05, 0.1) is 6.20 Å². The third kappa shape index (κ3) is 6.89. The summed E-state index contributed by atoms with van der Waals surface area (Å²) in [6.45, 7) is 6.14. The molecule has 0 amide bonds. The lowest BCUT2D eigenvalue weighted by Gasteiger charge is -2.28. The fourth-order valence-corrected chi connectivity index (χ4v) is 6.41. The summed E-state index contributed by atoms with van der Waals surface area (Å²) in [6, 6.07) is 8.62. The number of likely N-dealkylation sites (tertiary alicyclic amines) is 1. The van der Waals surface area contributed by atoms with Crippen LogP contribution in [-0.4, -0.2) is 62.3 Å². The van der Waals surface area contributed by atoms with E-state index in [0.717, 1.165) is 74.0 Å². The number of anilines is 1. The second-order valence-electron chi connectivity index (χ2n) is 12.5. The molecule has 0 unspecified atom stereocenters. The van der Waals surface area contributed by atoms with Crippen LogP contribution in [0.1, 0.15) is 80.4 Å². The van der Waals surface area contributed by atoms with Gasteiger partial charge in [-0.2, -0.15) is 19.6 Å². The third-order valence-corrected chi connectivity index (χ3v) is 9.17. The summed E-state index contributed by atoms with van der Waals surface area (Å²) in [5.74, 6) is 2.00. The Kier molecular flexibility index (Phi) is 8.65. The lowest BCUT2D eigenvalue weighted by molar-refractivity contribution is -0.123. The predicted octanol–water partition coefficient (Wildman–Crippen LogP) is 5.15. The standard InChI is InChI=1S/C33H42N6O3/c1-3-27(40)18-22-7-9-26(10-8-22)30(41)19-23-5-4-6-24(17-23)20-34-32-37-33(42-28-13-15-38(2)16-14-28)36-31-29(25-11-12-25)21-35-39(31)32/h3-6,17,21-22,25-26,28H,1,7-16,18-20H2,2H3,(H,34,36,37). The van der Waals surface area contributed by atoms with E-state index in [1.165, 1.54) is 18.9 Å². The minimum Gasteiger partial charge on any atom is -0.460 e. The quantitative estimate of drug-likeness (QED) is 0.299. The zero-order chi connectivity index (χ0) is 29.1. The van der Waals surface area contributed by atoms with Crippen molar-refractivity contribution in [2.24, 2.45) is 11.8 Å². The Balaban J connectivity index is 1.10. The number of carbonyl (C=O) groups excluding carboxylic acids is 2. The Labute approximate surface area is 247 Å².